The topological polar surface area (TPSA) is 34.4 Å². The Labute approximate surface area is 77.1 Å². The minimum absolute atomic E-state index is 0.608. The number of pyridine rings is 1. The van der Waals surface area contributed by atoms with Crippen molar-refractivity contribution in [2.24, 2.45) is 0 Å². The third-order valence-corrected chi connectivity index (χ3v) is 2.25. The molecule has 12 heavy (non-hydrogen) atoms. The van der Waals surface area contributed by atoms with Crippen LogP contribution in [0, 0.1) is 0 Å². The molecule has 0 amide bonds. The Balaban J connectivity index is 2.88. The van der Waals surface area contributed by atoms with Crippen molar-refractivity contribution >= 4 is 27.7 Å². The fraction of sp³-hybridized carbons (Fsp3) is 0. The molecule has 0 bridgehead atoms. The zero-order valence-electron chi connectivity index (χ0n) is 6.07. The summed E-state index contributed by atoms with van der Waals surface area (Å²) in [6.45, 7) is 0. The summed E-state index contributed by atoms with van der Waals surface area (Å²) in [6.07, 6.45) is 2.35. The summed E-state index contributed by atoms with van der Waals surface area (Å²) >= 11 is 3.32. The molecule has 0 aliphatic heterocycles. The van der Waals surface area contributed by atoms with Gasteiger partial charge in [0, 0.05) is 0 Å². The number of fused-ring (bicyclic) bond motifs is 1. The van der Waals surface area contributed by atoms with Gasteiger partial charge in [-0.2, -0.15) is 5.10 Å². The molecular weight excluding hydrogens is 220 g/mol. The Hall–Kier alpha value is -1.16. The maximum Gasteiger partial charge on any atom is 0.153 e. The van der Waals surface area contributed by atoms with Gasteiger partial charge in [-0.15, -0.1) is 0 Å². The Kier molecular flexibility index (Phi) is 1.69. The van der Waals surface area contributed by atoms with Crippen LogP contribution in [0.5, 0.6) is 0 Å². The first-order valence-electron chi connectivity index (χ1n) is 3.40. The first kappa shape index (κ1) is 7.49. The number of carbonyl (C=O) groups is 1. The first-order chi connectivity index (χ1) is 5.83. The van der Waals surface area contributed by atoms with Crippen molar-refractivity contribution in [1.29, 1.82) is 0 Å². The van der Waals surface area contributed by atoms with Crippen LogP contribution < -0.4 is 0 Å². The number of nitrogens with zero attached hydrogens (tertiary/aromatic N) is 2. The van der Waals surface area contributed by atoms with Crippen LogP contribution in [-0.2, 0) is 0 Å². The van der Waals surface area contributed by atoms with Crippen LogP contribution in [-0.4, -0.2) is 15.9 Å². The molecule has 0 aliphatic rings. The number of aldehydes is 1. The number of hydrogen-bond acceptors (Lipinski definition) is 2. The van der Waals surface area contributed by atoms with Crippen molar-refractivity contribution in [3.05, 3.63) is 34.6 Å². The highest BCUT2D eigenvalue weighted by Gasteiger charge is 2.03. The Bertz CT molecular complexity index is 436. The van der Waals surface area contributed by atoms with E-state index in [1.165, 1.54) is 0 Å². The zero-order valence-corrected chi connectivity index (χ0v) is 7.65. The Morgan fingerprint density at radius 2 is 2.33 bits per heavy atom. The third-order valence-electron chi connectivity index (χ3n) is 1.65. The van der Waals surface area contributed by atoms with Crippen molar-refractivity contribution in [3.63, 3.8) is 0 Å². The van der Waals surface area contributed by atoms with Crippen molar-refractivity contribution in [2.75, 3.05) is 0 Å². The molecule has 0 fully saturated rings. The fourth-order valence-corrected chi connectivity index (χ4v) is 1.52. The molecule has 0 atom stereocenters. The average molecular weight is 225 g/mol. The van der Waals surface area contributed by atoms with E-state index in [4.69, 9.17) is 0 Å². The summed E-state index contributed by atoms with van der Waals surface area (Å²) in [5, 5.41) is 4.03. The summed E-state index contributed by atoms with van der Waals surface area (Å²) in [5.74, 6) is 0. The molecule has 0 saturated heterocycles. The van der Waals surface area contributed by atoms with Gasteiger partial charge < -0.3 is 0 Å². The van der Waals surface area contributed by atoms with Crippen molar-refractivity contribution in [2.45, 2.75) is 0 Å². The standard InChI is InChI=1S/C8H5BrN2O/c9-8-3-1-2-7-6(5-12)4-10-11(7)8/h1-5H. The predicted molar refractivity (Wildman–Crippen MR) is 48.3 cm³/mol. The van der Waals surface area contributed by atoms with Crippen molar-refractivity contribution in [3.8, 4) is 0 Å². The van der Waals surface area contributed by atoms with Crippen LogP contribution in [0.1, 0.15) is 10.4 Å². The van der Waals surface area contributed by atoms with Gasteiger partial charge in [-0.3, -0.25) is 4.79 Å². The second-order valence-electron chi connectivity index (χ2n) is 2.36. The molecule has 2 rings (SSSR count). The van der Waals surface area contributed by atoms with Crippen LogP contribution >= 0.6 is 15.9 Å². The average Bonchev–Trinajstić information content (AvgIpc) is 2.49. The number of carbonyl (C=O) groups excluding carboxylic acids is 1. The van der Waals surface area contributed by atoms with E-state index in [1.807, 2.05) is 18.2 Å². The molecule has 2 aromatic rings. The predicted octanol–water partition coefficient (Wildman–Crippen LogP) is 1.91. The lowest BCUT2D eigenvalue weighted by Crippen LogP contribution is -1.87. The SMILES string of the molecule is O=Cc1cnn2c(Br)cccc12. The normalized spacial score (nSPS) is 10.4. The van der Waals surface area contributed by atoms with Gasteiger partial charge in [-0.25, -0.2) is 4.52 Å². The van der Waals surface area contributed by atoms with Gasteiger partial charge in [-0.05, 0) is 28.1 Å². The van der Waals surface area contributed by atoms with Gasteiger partial charge in [0.15, 0.2) is 6.29 Å². The highest BCUT2D eigenvalue weighted by molar-refractivity contribution is 9.10. The molecule has 0 saturated carbocycles. The van der Waals surface area contributed by atoms with E-state index in [2.05, 4.69) is 21.0 Å². The molecule has 60 valence electrons. The number of aromatic nitrogens is 2. The first-order valence-corrected chi connectivity index (χ1v) is 4.19. The lowest BCUT2D eigenvalue weighted by molar-refractivity contribution is 0.112. The van der Waals surface area contributed by atoms with E-state index < -0.39 is 0 Å². The highest BCUT2D eigenvalue weighted by Crippen LogP contribution is 2.14. The van der Waals surface area contributed by atoms with Crippen LogP contribution in [0.15, 0.2) is 29.0 Å². The third kappa shape index (κ3) is 0.956. The highest BCUT2D eigenvalue weighted by atomic mass is 79.9. The molecule has 0 aromatic carbocycles. The fourth-order valence-electron chi connectivity index (χ4n) is 1.09. The second-order valence-corrected chi connectivity index (χ2v) is 3.18. The molecule has 2 heterocycles. The van der Waals surface area contributed by atoms with Crippen LogP contribution in [0.3, 0.4) is 0 Å². The van der Waals surface area contributed by atoms with Gasteiger partial charge in [0.2, 0.25) is 0 Å². The van der Waals surface area contributed by atoms with Gasteiger partial charge in [0.1, 0.15) is 4.60 Å². The van der Waals surface area contributed by atoms with Crippen LogP contribution in [0.25, 0.3) is 5.52 Å². The smallest absolute Gasteiger partial charge is 0.153 e. The Morgan fingerprint density at radius 3 is 3.08 bits per heavy atom. The van der Waals surface area contributed by atoms with Crippen molar-refractivity contribution in [1.82, 2.24) is 9.61 Å². The second kappa shape index (κ2) is 2.71. The minimum atomic E-state index is 0.608. The van der Waals surface area contributed by atoms with E-state index >= 15 is 0 Å². The largest absolute Gasteiger partial charge is 0.298 e. The summed E-state index contributed by atoms with van der Waals surface area (Å²) in [5.41, 5.74) is 1.43. The van der Waals surface area contributed by atoms with Crippen LogP contribution in [0.4, 0.5) is 0 Å². The number of rotatable bonds is 1. The molecule has 4 heteroatoms. The van der Waals surface area contributed by atoms with Gasteiger partial charge in [0.05, 0.1) is 17.3 Å². The van der Waals surface area contributed by atoms with Gasteiger partial charge in [-0.1, -0.05) is 6.07 Å². The summed E-state index contributed by atoms with van der Waals surface area (Å²) in [7, 11) is 0. The molecule has 2 aromatic heterocycles. The quantitative estimate of drug-likeness (QED) is 0.548. The van der Waals surface area contributed by atoms with Gasteiger partial charge >= 0.3 is 0 Å². The van der Waals surface area contributed by atoms with E-state index in [1.54, 1.807) is 10.7 Å². The number of hydrogen-bond donors (Lipinski definition) is 0. The molecular formula is C8H5BrN2O. The molecule has 0 unspecified atom stereocenters. The number of halogens is 1. The van der Waals surface area contributed by atoms with E-state index in [0.717, 1.165) is 16.4 Å². The summed E-state index contributed by atoms with van der Waals surface area (Å²) in [4.78, 5) is 10.5. The van der Waals surface area contributed by atoms with Crippen molar-refractivity contribution < 1.29 is 4.79 Å². The van der Waals surface area contributed by atoms with E-state index in [9.17, 15) is 4.79 Å². The zero-order chi connectivity index (χ0) is 8.55. The maximum atomic E-state index is 10.5. The minimum Gasteiger partial charge on any atom is -0.298 e. The van der Waals surface area contributed by atoms with E-state index in [0.29, 0.717) is 5.56 Å². The van der Waals surface area contributed by atoms with Gasteiger partial charge in [0.25, 0.3) is 0 Å². The molecule has 0 radical (unpaired) electrons. The summed E-state index contributed by atoms with van der Waals surface area (Å²) < 4.78 is 2.51. The summed E-state index contributed by atoms with van der Waals surface area (Å²) in [6, 6.07) is 5.59. The van der Waals surface area contributed by atoms with Crippen LogP contribution in [0.2, 0.25) is 0 Å². The lowest BCUT2D eigenvalue weighted by atomic mass is 10.3. The lowest BCUT2D eigenvalue weighted by Gasteiger charge is -1.94. The monoisotopic (exact) mass is 224 g/mol. The molecule has 3 nitrogen and oxygen atoms in total. The molecule has 0 spiro atoms. The van der Waals surface area contributed by atoms with E-state index in [-0.39, 0.29) is 0 Å². The Morgan fingerprint density at radius 1 is 1.50 bits per heavy atom. The molecule has 0 aliphatic carbocycles. The molecule has 0 N–H and O–H groups in total. The maximum absolute atomic E-state index is 10.5.